The van der Waals surface area contributed by atoms with Crippen LogP contribution in [0.2, 0.25) is 0 Å². The molecule has 0 N–H and O–H groups in total. The van der Waals surface area contributed by atoms with Gasteiger partial charge in [-0.15, -0.1) is 0 Å². The molecule has 1 aliphatic rings. The number of thiocarbonyl (C=S) groups is 1. The van der Waals surface area contributed by atoms with Crippen molar-refractivity contribution in [2.75, 3.05) is 12.0 Å². The minimum Gasteiger partial charge on any atom is -0.493 e. The van der Waals surface area contributed by atoms with E-state index in [2.05, 4.69) is 0 Å². The smallest absolute Gasteiger partial charge is 0.416 e. The Morgan fingerprint density at radius 3 is 2.35 bits per heavy atom. The van der Waals surface area contributed by atoms with Crippen LogP contribution in [0.25, 0.3) is 6.08 Å². The van der Waals surface area contributed by atoms with E-state index >= 15 is 0 Å². The number of hydrogen-bond acceptors (Lipinski definition) is 7. The van der Waals surface area contributed by atoms with Crippen LogP contribution in [-0.4, -0.2) is 25.8 Å². The van der Waals surface area contributed by atoms with Gasteiger partial charge in [-0.25, -0.2) is 4.39 Å². The number of carbonyl (C=O) groups excluding carboxylic acids is 1. The van der Waals surface area contributed by atoms with Crippen LogP contribution in [0.5, 0.6) is 11.5 Å². The Morgan fingerprint density at radius 1 is 1.00 bits per heavy atom. The molecule has 6 nitrogen and oxygen atoms in total. The van der Waals surface area contributed by atoms with Gasteiger partial charge in [-0.1, -0.05) is 36.1 Å². The number of nitrogens with zero attached hydrogens (tertiary/aromatic N) is 1. The van der Waals surface area contributed by atoms with E-state index in [0.717, 1.165) is 53.1 Å². The molecule has 0 saturated carbocycles. The molecule has 0 bridgehead atoms. The molecule has 1 amide bonds. The van der Waals surface area contributed by atoms with Crippen LogP contribution in [0.3, 0.4) is 0 Å². The quantitative estimate of drug-likeness (QED) is 0.155. The van der Waals surface area contributed by atoms with Gasteiger partial charge < -0.3 is 8.92 Å². The minimum atomic E-state index is -4.59. The molecule has 13 heteroatoms. The fourth-order valence-corrected chi connectivity index (χ4v) is 5.51. The molecule has 37 heavy (non-hydrogen) atoms. The number of halogens is 4. The predicted molar refractivity (Wildman–Crippen MR) is 134 cm³/mol. The van der Waals surface area contributed by atoms with Crippen molar-refractivity contribution < 1.29 is 39.7 Å². The average molecular weight is 570 g/mol. The van der Waals surface area contributed by atoms with E-state index in [9.17, 15) is 30.8 Å². The van der Waals surface area contributed by atoms with E-state index in [-0.39, 0.29) is 31.3 Å². The zero-order valence-electron chi connectivity index (χ0n) is 18.7. The number of carbonyl (C=O) groups is 1. The second-order valence-electron chi connectivity index (χ2n) is 7.47. The monoisotopic (exact) mass is 569 g/mol. The molecule has 1 heterocycles. The summed E-state index contributed by atoms with van der Waals surface area (Å²) < 4.78 is 87.9. The lowest BCUT2D eigenvalue weighted by molar-refractivity contribution is -0.137. The van der Waals surface area contributed by atoms with E-state index in [4.69, 9.17) is 21.1 Å². The van der Waals surface area contributed by atoms with E-state index in [1.54, 1.807) is 0 Å². The van der Waals surface area contributed by atoms with Crippen LogP contribution < -0.4 is 13.8 Å². The highest BCUT2D eigenvalue weighted by Crippen LogP contribution is 2.39. The van der Waals surface area contributed by atoms with Gasteiger partial charge in [0.1, 0.15) is 10.7 Å². The third kappa shape index (κ3) is 5.78. The Hall–Kier alpha value is -3.42. The maximum atomic E-state index is 13.1. The maximum absolute atomic E-state index is 13.1. The van der Waals surface area contributed by atoms with Crippen LogP contribution in [0, 0.1) is 5.82 Å². The van der Waals surface area contributed by atoms with Crippen LogP contribution in [-0.2, 0) is 21.1 Å². The summed E-state index contributed by atoms with van der Waals surface area (Å²) in [6.07, 6.45) is -3.15. The molecule has 192 valence electrons. The van der Waals surface area contributed by atoms with Gasteiger partial charge in [0.05, 0.1) is 23.3 Å². The number of ether oxygens (including phenoxy) is 1. The highest BCUT2D eigenvalue weighted by atomic mass is 32.2. The van der Waals surface area contributed by atoms with Gasteiger partial charge >= 0.3 is 16.3 Å². The summed E-state index contributed by atoms with van der Waals surface area (Å²) in [4.78, 5) is 13.9. The van der Waals surface area contributed by atoms with Crippen molar-refractivity contribution in [1.29, 1.82) is 0 Å². The molecule has 3 aromatic carbocycles. The summed E-state index contributed by atoms with van der Waals surface area (Å²) in [7, 11) is -3.01. The molecule has 4 rings (SSSR count). The van der Waals surface area contributed by atoms with Crippen molar-refractivity contribution >= 4 is 56.1 Å². The summed E-state index contributed by atoms with van der Waals surface area (Å²) in [6, 6.07) is 12.5. The first-order chi connectivity index (χ1) is 17.4. The molecule has 1 aliphatic heterocycles. The largest absolute Gasteiger partial charge is 0.493 e. The standard InChI is InChI=1S/C24H15F4NO5S3/c1-33-20-11-14(5-10-19(20)34-37(31,32)18-8-6-16(25)7-9-18)12-21-22(30)29(23(35)36-21)17-4-2-3-15(13-17)24(26,27)28/h2-13H,1H3/b21-12+. The Morgan fingerprint density at radius 2 is 1.70 bits per heavy atom. The van der Waals surface area contributed by atoms with Crippen LogP contribution in [0.15, 0.2) is 76.5 Å². The number of hydrogen-bond donors (Lipinski definition) is 0. The van der Waals surface area contributed by atoms with E-state index < -0.39 is 33.6 Å². The summed E-state index contributed by atoms with van der Waals surface area (Å²) in [6.45, 7) is 0. The predicted octanol–water partition coefficient (Wildman–Crippen LogP) is 6.03. The second-order valence-corrected chi connectivity index (χ2v) is 10.7. The first-order valence-corrected chi connectivity index (χ1v) is 12.9. The van der Waals surface area contributed by atoms with Crippen molar-refractivity contribution in [3.63, 3.8) is 0 Å². The molecule has 0 spiro atoms. The van der Waals surface area contributed by atoms with Gasteiger partial charge in [0.2, 0.25) is 0 Å². The summed E-state index contributed by atoms with van der Waals surface area (Å²) in [5, 5.41) is 0. The zero-order valence-corrected chi connectivity index (χ0v) is 21.1. The van der Waals surface area contributed by atoms with Crippen LogP contribution in [0.1, 0.15) is 11.1 Å². The Balaban J connectivity index is 1.60. The van der Waals surface area contributed by atoms with Crippen molar-refractivity contribution in [2.45, 2.75) is 11.1 Å². The van der Waals surface area contributed by atoms with Gasteiger partial charge in [-0.2, -0.15) is 21.6 Å². The Kier molecular flexibility index (Phi) is 7.31. The van der Waals surface area contributed by atoms with Crippen LogP contribution in [0.4, 0.5) is 23.2 Å². The number of thioether (sulfide) groups is 1. The molecule has 1 saturated heterocycles. The number of rotatable bonds is 6. The third-order valence-electron chi connectivity index (χ3n) is 5.01. The van der Waals surface area contributed by atoms with E-state index in [1.165, 1.54) is 43.5 Å². The number of anilines is 1. The van der Waals surface area contributed by atoms with Crippen molar-refractivity contribution in [3.8, 4) is 11.5 Å². The first kappa shape index (κ1) is 26.6. The average Bonchev–Trinajstić information content (AvgIpc) is 3.12. The lowest BCUT2D eigenvalue weighted by atomic mass is 10.1. The van der Waals surface area contributed by atoms with Gasteiger partial charge in [0.25, 0.3) is 5.91 Å². The first-order valence-electron chi connectivity index (χ1n) is 10.2. The summed E-state index contributed by atoms with van der Waals surface area (Å²) >= 11 is 6.12. The molecule has 0 radical (unpaired) electrons. The molecule has 1 fully saturated rings. The molecular weight excluding hydrogens is 554 g/mol. The molecular formula is C24H15F4NO5S3. The zero-order chi connectivity index (χ0) is 27.0. The van der Waals surface area contributed by atoms with E-state index in [1.807, 2.05) is 0 Å². The fraction of sp³-hybridized carbons (Fsp3) is 0.0833. The number of alkyl halides is 3. The second kappa shape index (κ2) is 10.1. The molecule has 0 aromatic heterocycles. The minimum absolute atomic E-state index is 0.0203. The maximum Gasteiger partial charge on any atom is 0.416 e. The Labute approximate surface area is 218 Å². The SMILES string of the molecule is COc1cc(/C=C2/SC(=S)N(c3cccc(C(F)(F)F)c3)C2=O)ccc1OS(=O)(=O)c1ccc(F)cc1. The normalized spacial score (nSPS) is 15.4. The molecule has 0 aliphatic carbocycles. The lowest BCUT2D eigenvalue weighted by Crippen LogP contribution is -2.27. The third-order valence-corrected chi connectivity index (χ3v) is 7.56. The van der Waals surface area contributed by atoms with Crippen molar-refractivity contribution in [1.82, 2.24) is 0 Å². The number of methoxy groups -OCH3 is 1. The number of benzene rings is 3. The van der Waals surface area contributed by atoms with Crippen molar-refractivity contribution in [3.05, 3.63) is 88.6 Å². The number of amides is 1. The molecule has 0 unspecified atom stereocenters. The van der Waals surface area contributed by atoms with E-state index in [0.29, 0.717) is 5.56 Å². The highest BCUT2D eigenvalue weighted by molar-refractivity contribution is 8.27. The van der Waals surface area contributed by atoms with Gasteiger partial charge in [-0.05, 0) is 66.2 Å². The van der Waals surface area contributed by atoms with Gasteiger partial charge in [-0.3, -0.25) is 9.69 Å². The van der Waals surface area contributed by atoms with Gasteiger partial charge in [0, 0.05) is 0 Å². The molecule has 3 aromatic rings. The highest BCUT2D eigenvalue weighted by Gasteiger charge is 2.36. The Bertz CT molecular complexity index is 1520. The summed E-state index contributed by atoms with van der Waals surface area (Å²) in [5.41, 5.74) is -0.528. The fourth-order valence-electron chi connectivity index (χ4n) is 3.27. The molecule has 0 atom stereocenters. The van der Waals surface area contributed by atoms with Gasteiger partial charge in [0.15, 0.2) is 15.8 Å². The van der Waals surface area contributed by atoms with Crippen LogP contribution >= 0.6 is 24.0 Å². The lowest BCUT2D eigenvalue weighted by Gasteiger charge is -2.16. The topological polar surface area (TPSA) is 72.9 Å². The van der Waals surface area contributed by atoms with Crippen molar-refractivity contribution in [2.24, 2.45) is 0 Å². The summed E-state index contributed by atoms with van der Waals surface area (Å²) in [5.74, 6) is -1.36.